The van der Waals surface area contributed by atoms with Crippen molar-refractivity contribution >= 4 is 34.1 Å². The first-order valence-corrected chi connectivity index (χ1v) is 9.52. The first-order valence-electron chi connectivity index (χ1n) is 7.97. The highest BCUT2D eigenvalue weighted by Gasteiger charge is 2.19. The predicted molar refractivity (Wildman–Crippen MR) is 102 cm³/mol. The number of hydrogen-bond acceptors (Lipinski definition) is 7. The molecule has 0 aromatic heterocycles. The third kappa shape index (κ3) is 4.92. The number of rotatable bonds is 7. The van der Waals surface area contributed by atoms with Crippen LogP contribution in [0, 0.1) is 17.0 Å². The van der Waals surface area contributed by atoms with E-state index in [4.69, 9.17) is 9.47 Å². The molecule has 0 aliphatic heterocycles. The van der Waals surface area contributed by atoms with Gasteiger partial charge < -0.3 is 14.8 Å². The van der Waals surface area contributed by atoms with Gasteiger partial charge in [0.05, 0.1) is 33.3 Å². The number of nitrogens with one attached hydrogen (secondary N) is 1. The zero-order chi connectivity index (χ0) is 20.8. The van der Waals surface area contributed by atoms with Crippen LogP contribution in [0.4, 0.5) is 11.4 Å². The topological polar surface area (TPSA) is 125 Å². The Morgan fingerprint density at radius 3 is 2.54 bits per heavy atom. The summed E-state index contributed by atoms with van der Waals surface area (Å²) in [6.45, 7) is 1.00. The second-order valence-corrected chi connectivity index (χ2v) is 7.02. The van der Waals surface area contributed by atoms with E-state index in [1.54, 1.807) is 25.1 Å². The van der Waals surface area contributed by atoms with Crippen molar-refractivity contribution in [1.29, 1.82) is 0 Å². The van der Waals surface area contributed by atoms with Crippen molar-refractivity contribution in [2.75, 3.05) is 25.3 Å². The lowest BCUT2D eigenvalue weighted by atomic mass is 10.1. The van der Waals surface area contributed by atoms with Crippen LogP contribution in [0.3, 0.4) is 0 Å². The fourth-order valence-electron chi connectivity index (χ4n) is 2.39. The summed E-state index contributed by atoms with van der Waals surface area (Å²) in [7, 11) is -0.112. The van der Waals surface area contributed by atoms with E-state index in [1.807, 2.05) is 0 Å². The van der Waals surface area contributed by atoms with E-state index in [0.29, 0.717) is 16.1 Å². The number of hydrogen-bond donors (Lipinski definition) is 1. The second kappa shape index (κ2) is 9.09. The minimum absolute atomic E-state index is 0.0118. The predicted octanol–water partition coefficient (Wildman–Crippen LogP) is 2.44. The number of nitro benzene ring substituents is 1. The summed E-state index contributed by atoms with van der Waals surface area (Å²) in [4.78, 5) is 35.0. The van der Waals surface area contributed by atoms with Crippen molar-refractivity contribution in [2.24, 2.45) is 0 Å². The number of benzene rings is 2. The SMILES string of the molecule is COc1cc(NC(=O)COC(=O)c2ccccc2[S@](C)=O)c(C)cc1[N+](=O)[O-]. The maximum atomic E-state index is 12.2. The monoisotopic (exact) mass is 406 g/mol. The third-order valence-corrected chi connectivity index (χ3v) is 4.72. The van der Waals surface area contributed by atoms with Gasteiger partial charge in [-0.25, -0.2) is 4.79 Å². The number of carbonyl (C=O) groups excluding carboxylic acids is 2. The average molecular weight is 406 g/mol. The number of nitrogens with zero attached hydrogens (tertiary/aromatic N) is 1. The van der Waals surface area contributed by atoms with Crippen LogP contribution >= 0.6 is 0 Å². The summed E-state index contributed by atoms with van der Waals surface area (Å²) in [5, 5.41) is 13.5. The molecule has 0 radical (unpaired) electrons. The van der Waals surface area contributed by atoms with Gasteiger partial charge in [-0.1, -0.05) is 12.1 Å². The zero-order valence-corrected chi connectivity index (χ0v) is 16.2. The average Bonchev–Trinajstić information content (AvgIpc) is 2.67. The van der Waals surface area contributed by atoms with E-state index in [0.717, 1.165) is 0 Å². The van der Waals surface area contributed by atoms with Crippen molar-refractivity contribution < 1.29 is 28.2 Å². The summed E-state index contributed by atoms with van der Waals surface area (Å²) >= 11 is 0. The normalized spacial score (nSPS) is 11.4. The summed E-state index contributed by atoms with van der Waals surface area (Å²) in [6.07, 6.45) is 1.43. The van der Waals surface area contributed by atoms with E-state index < -0.39 is 34.2 Å². The van der Waals surface area contributed by atoms with Crippen LogP contribution in [0.15, 0.2) is 41.3 Å². The highest BCUT2D eigenvalue weighted by molar-refractivity contribution is 7.84. The fraction of sp³-hybridized carbons (Fsp3) is 0.222. The molecular formula is C18H18N2O7S. The van der Waals surface area contributed by atoms with E-state index in [1.165, 1.54) is 31.6 Å². The lowest BCUT2D eigenvalue weighted by Crippen LogP contribution is -2.22. The lowest BCUT2D eigenvalue weighted by Gasteiger charge is -2.11. The Morgan fingerprint density at radius 1 is 1.25 bits per heavy atom. The number of aryl methyl sites for hydroxylation is 1. The number of esters is 1. The molecule has 2 rings (SSSR count). The van der Waals surface area contributed by atoms with Crippen LogP contribution in [-0.2, 0) is 20.3 Å². The largest absolute Gasteiger partial charge is 0.490 e. The minimum atomic E-state index is -1.39. The van der Waals surface area contributed by atoms with Crippen molar-refractivity contribution in [2.45, 2.75) is 11.8 Å². The smallest absolute Gasteiger partial charge is 0.339 e. The van der Waals surface area contributed by atoms with Gasteiger partial charge in [0.15, 0.2) is 12.4 Å². The number of amides is 1. The van der Waals surface area contributed by atoms with Gasteiger partial charge in [-0.3, -0.25) is 19.1 Å². The number of carbonyl (C=O) groups is 2. The molecule has 1 N–H and O–H groups in total. The van der Waals surface area contributed by atoms with Gasteiger partial charge in [0.25, 0.3) is 5.91 Å². The molecule has 1 atom stereocenters. The third-order valence-electron chi connectivity index (χ3n) is 3.75. The summed E-state index contributed by atoms with van der Waals surface area (Å²) in [6, 6.07) is 8.84. The molecule has 0 spiro atoms. The highest BCUT2D eigenvalue weighted by Crippen LogP contribution is 2.32. The maximum Gasteiger partial charge on any atom is 0.339 e. The Bertz CT molecular complexity index is 959. The molecule has 0 aliphatic rings. The molecule has 10 heteroatoms. The van der Waals surface area contributed by atoms with Gasteiger partial charge in [-0.05, 0) is 24.6 Å². The lowest BCUT2D eigenvalue weighted by molar-refractivity contribution is -0.385. The van der Waals surface area contributed by atoms with Crippen LogP contribution in [-0.4, -0.2) is 41.0 Å². The molecule has 2 aromatic rings. The first kappa shape index (κ1) is 21.0. The van der Waals surface area contributed by atoms with Crippen molar-refractivity contribution in [3.63, 3.8) is 0 Å². The number of nitro groups is 1. The molecule has 148 valence electrons. The summed E-state index contributed by atoms with van der Waals surface area (Å²) in [5.74, 6) is -1.43. The standard InChI is InChI=1S/C18H18N2O7S/c1-11-8-14(20(23)24)15(26-2)9-13(11)19-17(21)10-27-18(22)12-6-4-5-7-16(12)28(3)25/h4-9H,10H2,1-3H3,(H,19,21)/t28-/m0/s1. The quantitative estimate of drug-likeness (QED) is 0.425. The van der Waals surface area contributed by atoms with Gasteiger partial charge in [-0.15, -0.1) is 0 Å². The Hall–Kier alpha value is -3.27. The van der Waals surface area contributed by atoms with Gasteiger partial charge >= 0.3 is 11.7 Å². The summed E-state index contributed by atoms with van der Waals surface area (Å²) in [5.41, 5.74) is 0.621. The molecule has 0 fully saturated rings. The summed E-state index contributed by atoms with van der Waals surface area (Å²) < 4.78 is 21.6. The zero-order valence-electron chi connectivity index (χ0n) is 15.4. The van der Waals surface area contributed by atoms with Crippen molar-refractivity contribution in [3.05, 3.63) is 57.6 Å². The first-order chi connectivity index (χ1) is 13.2. The van der Waals surface area contributed by atoms with Crippen LogP contribution in [0.1, 0.15) is 15.9 Å². The van der Waals surface area contributed by atoms with Crippen LogP contribution in [0.2, 0.25) is 0 Å². The molecule has 0 saturated heterocycles. The maximum absolute atomic E-state index is 12.2. The van der Waals surface area contributed by atoms with Crippen molar-refractivity contribution in [1.82, 2.24) is 0 Å². The molecule has 0 saturated carbocycles. The van der Waals surface area contributed by atoms with E-state index in [-0.39, 0.29) is 17.0 Å². The molecule has 0 heterocycles. The van der Waals surface area contributed by atoms with Crippen LogP contribution in [0.5, 0.6) is 5.75 Å². The van der Waals surface area contributed by atoms with E-state index >= 15 is 0 Å². The van der Waals surface area contributed by atoms with Gasteiger partial charge in [0, 0.05) is 24.1 Å². The molecule has 0 bridgehead atoms. The Morgan fingerprint density at radius 2 is 1.93 bits per heavy atom. The highest BCUT2D eigenvalue weighted by atomic mass is 32.2. The number of anilines is 1. The molecule has 28 heavy (non-hydrogen) atoms. The molecule has 1 amide bonds. The molecule has 9 nitrogen and oxygen atoms in total. The minimum Gasteiger partial charge on any atom is -0.490 e. The van der Waals surface area contributed by atoms with Crippen LogP contribution < -0.4 is 10.1 Å². The Balaban J connectivity index is 2.08. The fourth-order valence-corrected chi connectivity index (χ4v) is 3.13. The molecular weight excluding hydrogens is 388 g/mol. The molecule has 0 unspecified atom stereocenters. The van der Waals surface area contributed by atoms with Gasteiger partial charge in [0.1, 0.15) is 0 Å². The number of methoxy groups -OCH3 is 1. The second-order valence-electron chi connectivity index (χ2n) is 5.67. The number of ether oxygens (including phenoxy) is 2. The van der Waals surface area contributed by atoms with Crippen LogP contribution in [0.25, 0.3) is 0 Å². The Kier molecular flexibility index (Phi) is 6.83. The van der Waals surface area contributed by atoms with Gasteiger partial charge in [-0.2, -0.15) is 0 Å². The van der Waals surface area contributed by atoms with E-state index in [2.05, 4.69) is 5.32 Å². The molecule has 0 aliphatic carbocycles. The van der Waals surface area contributed by atoms with Gasteiger partial charge in [0.2, 0.25) is 0 Å². The Labute approximate surface area is 163 Å². The molecule has 2 aromatic carbocycles. The van der Waals surface area contributed by atoms with Crippen molar-refractivity contribution in [3.8, 4) is 5.75 Å². The van der Waals surface area contributed by atoms with E-state index in [9.17, 15) is 23.9 Å².